The molecule has 1 heterocycles. The minimum absolute atomic E-state index is 0.472. The van der Waals surface area contributed by atoms with E-state index in [1.165, 1.54) is 24.0 Å². The smallest absolute Gasteiger partial charge is 0.0624 e. The number of rotatable bonds is 2. The lowest BCUT2D eigenvalue weighted by Crippen LogP contribution is -2.32. The molecular weight excluding hydrogens is 184 g/mol. The van der Waals surface area contributed by atoms with Crippen LogP contribution in [0.2, 0.25) is 0 Å². The fraction of sp³-hybridized carbons (Fsp3) is 0.462. The Morgan fingerprint density at radius 1 is 1.33 bits per heavy atom. The minimum Gasteiger partial charge on any atom is -0.315 e. The molecule has 1 aromatic rings. The Hall–Kier alpha value is -1.15. The highest BCUT2D eigenvalue weighted by Crippen LogP contribution is 2.06. The molecule has 15 heavy (non-hydrogen) atoms. The van der Waals surface area contributed by atoms with Crippen molar-refractivity contribution in [3.05, 3.63) is 35.4 Å². The molecule has 0 aromatic heterocycles. The predicted molar refractivity (Wildman–Crippen MR) is 64.7 cm³/mol. The summed E-state index contributed by atoms with van der Waals surface area (Å²) in [5.41, 5.74) is 2.50. The fourth-order valence-electron chi connectivity index (χ4n) is 1.80. The molecule has 0 radical (unpaired) electrons. The van der Waals surface area contributed by atoms with E-state index in [-0.39, 0.29) is 0 Å². The lowest BCUT2D eigenvalue weighted by Gasteiger charge is -2.18. The molecule has 1 aliphatic rings. The summed E-state index contributed by atoms with van der Waals surface area (Å²) in [6.07, 6.45) is 4.46. The summed E-state index contributed by atoms with van der Waals surface area (Å²) >= 11 is 0. The van der Waals surface area contributed by atoms with Crippen LogP contribution >= 0.6 is 0 Å². The average Bonchev–Trinajstić information content (AvgIpc) is 2.30. The van der Waals surface area contributed by atoms with E-state index in [9.17, 15) is 0 Å². The molecule has 1 atom stereocenters. The molecule has 0 saturated carbocycles. The van der Waals surface area contributed by atoms with E-state index in [4.69, 9.17) is 0 Å². The van der Waals surface area contributed by atoms with Crippen molar-refractivity contribution in [1.82, 2.24) is 5.32 Å². The maximum Gasteiger partial charge on any atom is 0.0624 e. The second-order valence-electron chi connectivity index (χ2n) is 4.19. The van der Waals surface area contributed by atoms with Gasteiger partial charge in [-0.3, -0.25) is 4.99 Å². The largest absolute Gasteiger partial charge is 0.315 e. The van der Waals surface area contributed by atoms with Gasteiger partial charge < -0.3 is 5.32 Å². The Morgan fingerprint density at radius 3 is 2.80 bits per heavy atom. The number of aliphatic imine (C=N–C) groups is 1. The average molecular weight is 202 g/mol. The number of piperidine rings is 1. The molecule has 1 saturated heterocycles. The molecule has 2 heteroatoms. The van der Waals surface area contributed by atoms with Gasteiger partial charge in [0.25, 0.3) is 0 Å². The van der Waals surface area contributed by atoms with Crippen LogP contribution in [-0.2, 0) is 0 Å². The molecule has 2 nitrogen and oxygen atoms in total. The van der Waals surface area contributed by atoms with Gasteiger partial charge in [-0.05, 0) is 31.9 Å². The van der Waals surface area contributed by atoms with E-state index >= 15 is 0 Å². The number of nitrogens with zero attached hydrogens (tertiary/aromatic N) is 1. The Balaban J connectivity index is 1.95. The second kappa shape index (κ2) is 5.08. The number of hydrogen-bond acceptors (Lipinski definition) is 2. The fourth-order valence-corrected chi connectivity index (χ4v) is 1.80. The van der Waals surface area contributed by atoms with Crippen molar-refractivity contribution < 1.29 is 0 Å². The molecule has 0 unspecified atom stereocenters. The monoisotopic (exact) mass is 202 g/mol. The molecule has 1 aliphatic heterocycles. The summed E-state index contributed by atoms with van der Waals surface area (Å²) in [5.74, 6) is 0. The standard InChI is InChI=1S/C13H18N2/c1-11-4-6-12(7-5-11)9-15-13-3-2-8-14-10-13/h4-7,9,13-14H,2-3,8,10H2,1H3/t13-/m1/s1. The molecule has 2 rings (SSSR count). The van der Waals surface area contributed by atoms with E-state index in [0.29, 0.717) is 6.04 Å². The van der Waals surface area contributed by atoms with Crippen LogP contribution in [-0.4, -0.2) is 25.3 Å². The summed E-state index contributed by atoms with van der Waals surface area (Å²) in [5, 5.41) is 3.37. The lowest BCUT2D eigenvalue weighted by atomic mass is 10.1. The van der Waals surface area contributed by atoms with Gasteiger partial charge in [-0.15, -0.1) is 0 Å². The van der Waals surface area contributed by atoms with Crippen molar-refractivity contribution in [2.24, 2.45) is 4.99 Å². The highest BCUT2D eigenvalue weighted by atomic mass is 14.9. The third-order valence-corrected chi connectivity index (χ3v) is 2.78. The van der Waals surface area contributed by atoms with Gasteiger partial charge >= 0.3 is 0 Å². The van der Waals surface area contributed by atoms with Gasteiger partial charge in [0.15, 0.2) is 0 Å². The highest BCUT2D eigenvalue weighted by Gasteiger charge is 2.09. The van der Waals surface area contributed by atoms with E-state index in [2.05, 4.69) is 41.5 Å². The Kier molecular flexibility index (Phi) is 3.51. The van der Waals surface area contributed by atoms with Gasteiger partial charge in [-0.2, -0.15) is 0 Å². The first kappa shape index (κ1) is 10.4. The van der Waals surface area contributed by atoms with E-state index in [0.717, 1.165) is 13.1 Å². The third-order valence-electron chi connectivity index (χ3n) is 2.78. The zero-order chi connectivity index (χ0) is 10.5. The molecule has 0 amide bonds. The van der Waals surface area contributed by atoms with E-state index in [1.807, 2.05) is 6.21 Å². The van der Waals surface area contributed by atoms with Crippen LogP contribution in [0.3, 0.4) is 0 Å². The molecule has 0 aliphatic carbocycles. The van der Waals surface area contributed by atoms with Crippen molar-refractivity contribution in [2.45, 2.75) is 25.8 Å². The quantitative estimate of drug-likeness (QED) is 0.730. The summed E-state index contributed by atoms with van der Waals surface area (Å²) in [4.78, 5) is 4.60. The van der Waals surface area contributed by atoms with Gasteiger partial charge in [0.1, 0.15) is 0 Å². The van der Waals surface area contributed by atoms with Crippen LogP contribution in [0.5, 0.6) is 0 Å². The van der Waals surface area contributed by atoms with Crippen molar-refractivity contribution >= 4 is 6.21 Å². The number of hydrogen-bond donors (Lipinski definition) is 1. The Bertz CT molecular complexity index is 321. The van der Waals surface area contributed by atoms with Crippen LogP contribution < -0.4 is 5.32 Å². The van der Waals surface area contributed by atoms with Crippen molar-refractivity contribution in [1.29, 1.82) is 0 Å². The van der Waals surface area contributed by atoms with Crippen LogP contribution in [0.1, 0.15) is 24.0 Å². The van der Waals surface area contributed by atoms with Crippen LogP contribution in [0.15, 0.2) is 29.3 Å². The molecule has 80 valence electrons. The molecular formula is C13H18N2. The van der Waals surface area contributed by atoms with Crippen LogP contribution in [0.25, 0.3) is 0 Å². The van der Waals surface area contributed by atoms with Crippen LogP contribution in [0, 0.1) is 6.92 Å². The third kappa shape index (κ3) is 3.17. The Labute approximate surface area is 91.4 Å². The van der Waals surface area contributed by atoms with Gasteiger partial charge in [-0.25, -0.2) is 0 Å². The van der Waals surface area contributed by atoms with Gasteiger partial charge in [-0.1, -0.05) is 29.8 Å². The van der Waals surface area contributed by atoms with Gasteiger partial charge in [0, 0.05) is 12.8 Å². The van der Waals surface area contributed by atoms with Crippen molar-refractivity contribution in [2.75, 3.05) is 13.1 Å². The zero-order valence-electron chi connectivity index (χ0n) is 9.24. The molecule has 1 aromatic carbocycles. The summed E-state index contributed by atoms with van der Waals surface area (Å²) in [6.45, 7) is 4.28. The maximum atomic E-state index is 4.60. The van der Waals surface area contributed by atoms with E-state index in [1.54, 1.807) is 0 Å². The summed E-state index contributed by atoms with van der Waals surface area (Å²) in [7, 11) is 0. The Morgan fingerprint density at radius 2 is 2.13 bits per heavy atom. The van der Waals surface area contributed by atoms with Crippen molar-refractivity contribution in [3.63, 3.8) is 0 Å². The molecule has 0 spiro atoms. The molecule has 1 fully saturated rings. The van der Waals surface area contributed by atoms with E-state index < -0.39 is 0 Å². The number of nitrogens with one attached hydrogen (secondary N) is 1. The normalized spacial score (nSPS) is 22.1. The van der Waals surface area contributed by atoms with Crippen LogP contribution in [0.4, 0.5) is 0 Å². The maximum absolute atomic E-state index is 4.60. The topological polar surface area (TPSA) is 24.4 Å². The lowest BCUT2D eigenvalue weighted by molar-refractivity contribution is 0.462. The highest BCUT2D eigenvalue weighted by molar-refractivity contribution is 5.79. The second-order valence-corrected chi connectivity index (χ2v) is 4.19. The predicted octanol–water partition coefficient (Wildman–Crippen LogP) is 2.17. The first-order chi connectivity index (χ1) is 7.34. The van der Waals surface area contributed by atoms with Crippen molar-refractivity contribution in [3.8, 4) is 0 Å². The first-order valence-electron chi connectivity index (χ1n) is 5.65. The van der Waals surface area contributed by atoms with Gasteiger partial charge in [0.2, 0.25) is 0 Å². The summed E-state index contributed by atoms with van der Waals surface area (Å²) in [6, 6.07) is 8.96. The number of aryl methyl sites for hydroxylation is 1. The first-order valence-corrected chi connectivity index (χ1v) is 5.65. The van der Waals surface area contributed by atoms with Gasteiger partial charge in [0.05, 0.1) is 6.04 Å². The summed E-state index contributed by atoms with van der Waals surface area (Å²) < 4.78 is 0. The zero-order valence-corrected chi connectivity index (χ0v) is 9.24. The molecule has 1 N–H and O–H groups in total. The number of benzene rings is 1. The SMILES string of the molecule is Cc1ccc(C=N[C@@H]2CCCNC2)cc1. The molecule has 0 bridgehead atoms. The minimum atomic E-state index is 0.472.